The molecule has 0 aliphatic rings. The van der Waals surface area contributed by atoms with Crippen LogP contribution >= 0.6 is 0 Å². The van der Waals surface area contributed by atoms with Crippen molar-refractivity contribution < 1.29 is 9.90 Å². The number of aromatic carboxylic acids is 1. The van der Waals surface area contributed by atoms with Crippen molar-refractivity contribution in [2.24, 2.45) is 7.05 Å². The minimum atomic E-state index is -1.20. The minimum absolute atomic E-state index is 0.212. The Morgan fingerprint density at radius 3 is 2.47 bits per heavy atom. The van der Waals surface area contributed by atoms with Crippen molar-refractivity contribution in [3.05, 3.63) is 57.4 Å². The Morgan fingerprint density at radius 1 is 1.16 bits per heavy atom. The largest absolute Gasteiger partial charge is 0.477 e. The van der Waals surface area contributed by atoms with Gasteiger partial charge in [-0.2, -0.15) is 0 Å². The molecule has 0 aliphatic carbocycles. The van der Waals surface area contributed by atoms with Gasteiger partial charge in [-0.3, -0.25) is 4.79 Å². The molecular formula is C15H15NO3. The molecule has 98 valence electrons. The van der Waals surface area contributed by atoms with Gasteiger partial charge in [-0.25, -0.2) is 4.79 Å². The molecular weight excluding hydrogens is 242 g/mol. The fourth-order valence-corrected chi connectivity index (χ4v) is 2.08. The van der Waals surface area contributed by atoms with E-state index in [2.05, 4.69) is 0 Å². The van der Waals surface area contributed by atoms with Gasteiger partial charge in [-0.1, -0.05) is 17.7 Å². The molecule has 0 atom stereocenters. The summed E-state index contributed by atoms with van der Waals surface area (Å²) in [6, 6.07) is 9.02. The van der Waals surface area contributed by atoms with Crippen LogP contribution in [-0.2, 0) is 7.05 Å². The van der Waals surface area contributed by atoms with E-state index in [9.17, 15) is 9.59 Å². The second-order valence-corrected chi connectivity index (χ2v) is 4.62. The summed E-state index contributed by atoms with van der Waals surface area (Å²) in [4.78, 5) is 22.9. The molecule has 0 saturated heterocycles. The van der Waals surface area contributed by atoms with Crippen LogP contribution in [0.2, 0.25) is 0 Å². The number of carboxylic acids is 1. The highest BCUT2D eigenvalue weighted by Crippen LogP contribution is 2.23. The summed E-state index contributed by atoms with van der Waals surface area (Å²) in [7, 11) is 1.59. The van der Waals surface area contributed by atoms with E-state index in [-0.39, 0.29) is 5.56 Å². The molecule has 2 aromatic rings. The standard InChI is InChI=1S/C15H15NO3/c1-9-4-5-10(2)12(8-9)13-7-6-11(15(18)19)14(17)16(13)3/h4-8H,1-3H3,(H,18,19). The zero-order valence-electron chi connectivity index (χ0n) is 11.1. The number of hydrogen-bond donors (Lipinski definition) is 1. The first-order valence-corrected chi connectivity index (χ1v) is 5.92. The van der Waals surface area contributed by atoms with Gasteiger partial charge in [0.25, 0.3) is 5.56 Å². The Kier molecular flexibility index (Phi) is 3.25. The predicted molar refractivity (Wildman–Crippen MR) is 73.6 cm³/mol. The van der Waals surface area contributed by atoms with Gasteiger partial charge in [-0.15, -0.1) is 0 Å². The number of aromatic nitrogens is 1. The maximum atomic E-state index is 12.0. The van der Waals surface area contributed by atoms with Crippen molar-refractivity contribution in [1.29, 1.82) is 0 Å². The molecule has 0 fully saturated rings. The highest BCUT2D eigenvalue weighted by Gasteiger charge is 2.13. The molecule has 0 spiro atoms. The van der Waals surface area contributed by atoms with Crippen molar-refractivity contribution in [1.82, 2.24) is 4.57 Å². The van der Waals surface area contributed by atoms with Crippen LogP contribution in [-0.4, -0.2) is 15.6 Å². The number of rotatable bonds is 2. The summed E-state index contributed by atoms with van der Waals surface area (Å²) in [6.45, 7) is 3.94. The quantitative estimate of drug-likeness (QED) is 0.898. The summed E-state index contributed by atoms with van der Waals surface area (Å²) in [5.41, 5.74) is 3.09. The molecule has 2 rings (SSSR count). The monoisotopic (exact) mass is 257 g/mol. The second kappa shape index (κ2) is 4.72. The fraction of sp³-hybridized carbons (Fsp3) is 0.200. The molecule has 1 aromatic carbocycles. The third-order valence-electron chi connectivity index (χ3n) is 3.20. The Labute approximate surface area is 110 Å². The lowest BCUT2D eigenvalue weighted by molar-refractivity contribution is 0.0694. The normalized spacial score (nSPS) is 10.5. The molecule has 1 aromatic heterocycles. The van der Waals surface area contributed by atoms with Crippen LogP contribution in [0.25, 0.3) is 11.3 Å². The van der Waals surface area contributed by atoms with E-state index in [4.69, 9.17) is 5.11 Å². The van der Waals surface area contributed by atoms with Crippen LogP contribution in [0, 0.1) is 13.8 Å². The van der Waals surface area contributed by atoms with E-state index in [0.717, 1.165) is 22.4 Å². The van der Waals surface area contributed by atoms with E-state index in [1.807, 2.05) is 32.0 Å². The SMILES string of the molecule is Cc1ccc(C)c(-c2ccc(C(=O)O)c(=O)n2C)c1. The lowest BCUT2D eigenvalue weighted by atomic mass is 10.0. The van der Waals surface area contributed by atoms with Crippen LogP contribution < -0.4 is 5.56 Å². The minimum Gasteiger partial charge on any atom is -0.477 e. The van der Waals surface area contributed by atoms with Crippen molar-refractivity contribution in [3.63, 3.8) is 0 Å². The van der Waals surface area contributed by atoms with E-state index >= 15 is 0 Å². The third-order valence-corrected chi connectivity index (χ3v) is 3.20. The summed E-state index contributed by atoms with van der Waals surface area (Å²) in [6.07, 6.45) is 0. The molecule has 0 unspecified atom stereocenters. The van der Waals surface area contributed by atoms with E-state index < -0.39 is 11.5 Å². The molecule has 1 N–H and O–H groups in total. The molecule has 0 aliphatic heterocycles. The lowest BCUT2D eigenvalue weighted by Crippen LogP contribution is -2.25. The summed E-state index contributed by atoms with van der Waals surface area (Å²) in [5.74, 6) is -1.20. The first-order valence-electron chi connectivity index (χ1n) is 5.92. The number of carbonyl (C=O) groups is 1. The van der Waals surface area contributed by atoms with Crippen molar-refractivity contribution in [2.45, 2.75) is 13.8 Å². The van der Waals surface area contributed by atoms with Gasteiger partial charge < -0.3 is 9.67 Å². The number of hydrogen-bond acceptors (Lipinski definition) is 2. The number of pyridine rings is 1. The number of nitrogens with zero attached hydrogens (tertiary/aromatic N) is 1. The van der Waals surface area contributed by atoms with Crippen molar-refractivity contribution in [3.8, 4) is 11.3 Å². The number of aryl methyl sites for hydroxylation is 2. The van der Waals surface area contributed by atoms with Crippen molar-refractivity contribution in [2.75, 3.05) is 0 Å². The first kappa shape index (κ1) is 13.1. The smallest absolute Gasteiger partial charge is 0.341 e. The van der Waals surface area contributed by atoms with Crippen LogP contribution in [0.5, 0.6) is 0 Å². The van der Waals surface area contributed by atoms with Crippen LogP contribution in [0.3, 0.4) is 0 Å². The van der Waals surface area contributed by atoms with E-state index in [0.29, 0.717) is 0 Å². The van der Waals surface area contributed by atoms with Gasteiger partial charge in [-0.05, 0) is 37.6 Å². The van der Waals surface area contributed by atoms with E-state index in [1.54, 1.807) is 13.1 Å². The van der Waals surface area contributed by atoms with Crippen LogP contribution in [0.15, 0.2) is 35.1 Å². The number of carboxylic acid groups (broad SMARTS) is 1. The highest BCUT2D eigenvalue weighted by atomic mass is 16.4. The lowest BCUT2D eigenvalue weighted by Gasteiger charge is -2.12. The zero-order chi connectivity index (χ0) is 14.2. The Morgan fingerprint density at radius 2 is 1.84 bits per heavy atom. The van der Waals surface area contributed by atoms with Gasteiger partial charge in [0, 0.05) is 12.6 Å². The Hall–Kier alpha value is -2.36. The van der Waals surface area contributed by atoms with Crippen molar-refractivity contribution >= 4 is 5.97 Å². The molecule has 4 nitrogen and oxygen atoms in total. The van der Waals surface area contributed by atoms with Gasteiger partial charge >= 0.3 is 5.97 Å². The molecule has 19 heavy (non-hydrogen) atoms. The predicted octanol–water partition coefficient (Wildman–Crippen LogP) is 2.37. The van der Waals surface area contributed by atoms with E-state index in [1.165, 1.54) is 10.6 Å². The van der Waals surface area contributed by atoms with Gasteiger partial charge in [0.05, 0.1) is 5.69 Å². The highest BCUT2D eigenvalue weighted by molar-refractivity contribution is 5.87. The Bertz CT molecular complexity index is 714. The average Bonchev–Trinajstić information content (AvgIpc) is 2.35. The number of benzene rings is 1. The molecule has 0 saturated carbocycles. The maximum Gasteiger partial charge on any atom is 0.341 e. The molecule has 4 heteroatoms. The first-order chi connectivity index (χ1) is 8.91. The molecule has 0 radical (unpaired) electrons. The van der Waals surface area contributed by atoms with Gasteiger partial charge in [0.1, 0.15) is 5.56 Å². The zero-order valence-corrected chi connectivity index (χ0v) is 11.1. The molecule has 0 amide bonds. The fourth-order valence-electron chi connectivity index (χ4n) is 2.08. The average molecular weight is 257 g/mol. The van der Waals surface area contributed by atoms with Crippen LogP contribution in [0.1, 0.15) is 21.5 Å². The third kappa shape index (κ3) is 2.29. The summed E-state index contributed by atoms with van der Waals surface area (Å²) in [5, 5.41) is 8.94. The maximum absolute atomic E-state index is 12.0. The van der Waals surface area contributed by atoms with Crippen LogP contribution in [0.4, 0.5) is 0 Å². The second-order valence-electron chi connectivity index (χ2n) is 4.62. The van der Waals surface area contributed by atoms with Gasteiger partial charge in [0.15, 0.2) is 0 Å². The Balaban J connectivity index is 2.71. The summed E-state index contributed by atoms with van der Waals surface area (Å²) < 4.78 is 1.38. The van der Waals surface area contributed by atoms with Gasteiger partial charge in [0.2, 0.25) is 0 Å². The molecule has 0 bridgehead atoms. The molecule has 1 heterocycles. The summed E-state index contributed by atoms with van der Waals surface area (Å²) >= 11 is 0. The topological polar surface area (TPSA) is 59.3 Å².